The Morgan fingerprint density at radius 3 is 2.14 bits per heavy atom. The third kappa shape index (κ3) is 10.2. The smallest absolute Gasteiger partial charge is 0.242 e. The first-order chi connectivity index (χ1) is 20.9. The SMILES string of the molecule is CCS(=O)(=O)N[C@H](Cc1ccc(-c2cccc(OC)c2)cc1)C(=O)N[C@@H](CCC(N)=O)C(=O)NCc1ccc(C(=N)N)cc1. The maximum atomic E-state index is 13.5. The first-order valence-corrected chi connectivity index (χ1v) is 15.6. The van der Waals surface area contributed by atoms with Crippen LogP contribution in [0.25, 0.3) is 11.1 Å². The average Bonchev–Trinajstić information content (AvgIpc) is 3.01. The molecule has 3 aromatic rings. The van der Waals surface area contributed by atoms with E-state index < -0.39 is 39.8 Å². The van der Waals surface area contributed by atoms with Gasteiger partial charge in [0.1, 0.15) is 23.7 Å². The lowest BCUT2D eigenvalue weighted by atomic mass is 10.00. The van der Waals surface area contributed by atoms with Crippen molar-refractivity contribution in [2.24, 2.45) is 11.5 Å². The van der Waals surface area contributed by atoms with Crippen molar-refractivity contribution in [3.05, 3.63) is 89.5 Å². The molecule has 3 amide bonds. The Morgan fingerprint density at radius 1 is 0.886 bits per heavy atom. The number of carbonyl (C=O) groups excluding carboxylic acids is 3. The van der Waals surface area contributed by atoms with Crippen LogP contribution in [0.15, 0.2) is 72.8 Å². The van der Waals surface area contributed by atoms with E-state index in [0.717, 1.165) is 11.1 Å². The number of nitrogens with two attached hydrogens (primary N) is 2. The van der Waals surface area contributed by atoms with Crippen molar-refractivity contribution in [3.63, 3.8) is 0 Å². The molecule has 8 N–H and O–H groups in total. The summed E-state index contributed by atoms with van der Waals surface area (Å²) < 4.78 is 32.7. The Kier molecular flexibility index (Phi) is 12.0. The van der Waals surface area contributed by atoms with E-state index >= 15 is 0 Å². The lowest BCUT2D eigenvalue weighted by Crippen LogP contribution is -2.54. The fourth-order valence-corrected chi connectivity index (χ4v) is 5.09. The fraction of sp³-hybridized carbons (Fsp3) is 0.290. The van der Waals surface area contributed by atoms with E-state index in [1.54, 1.807) is 43.5 Å². The van der Waals surface area contributed by atoms with Gasteiger partial charge < -0.3 is 26.8 Å². The van der Waals surface area contributed by atoms with Crippen molar-refractivity contribution >= 4 is 33.6 Å². The number of nitrogens with one attached hydrogen (secondary N) is 4. The molecule has 3 aromatic carbocycles. The highest BCUT2D eigenvalue weighted by atomic mass is 32.2. The number of benzene rings is 3. The number of carbonyl (C=O) groups is 3. The molecule has 0 heterocycles. The van der Waals surface area contributed by atoms with Gasteiger partial charge in [0.25, 0.3) is 0 Å². The largest absolute Gasteiger partial charge is 0.497 e. The Labute approximate surface area is 257 Å². The van der Waals surface area contributed by atoms with Crippen molar-refractivity contribution in [2.75, 3.05) is 12.9 Å². The number of methoxy groups -OCH3 is 1. The van der Waals surface area contributed by atoms with Crippen LogP contribution >= 0.6 is 0 Å². The number of sulfonamides is 1. The van der Waals surface area contributed by atoms with E-state index in [2.05, 4.69) is 15.4 Å². The normalized spacial score (nSPS) is 12.5. The molecular formula is C31H38N6O6S. The molecule has 0 aliphatic heterocycles. The van der Waals surface area contributed by atoms with E-state index in [1.807, 2.05) is 36.4 Å². The van der Waals surface area contributed by atoms with Crippen molar-refractivity contribution in [3.8, 4) is 16.9 Å². The number of rotatable bonds is 16. The number of amidine groups is 1. The Hall–Kier alpha value is -4.75. The summed E-state index contributed by atoms with van der Waals surface area (Å²) in [5.41, 5.74) is 14.5. The number of nitrogen functional groups attached to an aromatic ring is 1. The molecule has 0 aliphatic carbocycles. The molecule has 0 unspecified atom stereocenters. The monoisotopic (exact) mass is 622 g/mol. The molecular weight excluding hydrogens is 584 g/mol. The minimum Gasteiger partial charge on any atom is -0.497 e. The van der Waals surface area contributed by atoms with Crippen molar-refractivity contribution in [1.82, 2.24) is 15.4 Å². The topological polar surface area (TPSA) is 207 Å². The third-order valence-corrected chi connectivity index (χ3v) is 8.26. The van der Waals surface area contributed by atoms with Gasteiger partial charge in [0.05, 0.1) is 12.9 Å². The van der Waals surface area contributed by atoms with Crippen molar-refractivity contribution < 1.29 is 27.5 Å². The molecule has 12 nitrogen and oxygen atoms in total. The van der Waals surface area contributed by atoms with E-state index in [4.69, 9.17) is 21.6 Å². The lowest BCUT2D eigenvalue weighted by molar-refractivity contribution is -0.130. The molecule has 0 spiro atoms. The summed E-state index contributed by atoms with van der Waals surface area (Å²) in [5.74, 6) is -1.59. The Bertz CT molecular complexity index is 1580. The second-order valence-corrected chi connectivity index (χ2v) is 12.1. The molecule has 0 saturated heterocycles. The number of amides is 3. The standard InChI is InChI=1S/C31H38N6O6S/c1-3-44(41,42)37-27(17-20-7-11-22(12-8-20)24-5-4-6-25(18-24)43-2)31(40)36-26(15-16-28(32)38)30(39)35-19-21-9-13-23(14-10-21)29(33)34/h4-14,18,26-27,37H,3,15-17,19H2,1-2H3,(H2,32,38)(H3,33,34)(H,35,39)(H,36,40)/t26-,27+/m0/s1. The summed E-state index contributed by atoms with van der Waals surface area (Å²) in [6.07, 6.45) is -0.252. The molecule has 0 aliphatic rings. The van der Waals surface area contributed by atoms with Gasteiger partial charge in [0, 0.05) is 18.5 Å². The quantitative estimate of drug-likeness (QED) is 0.103. The van der Waals surface area contributed by atoms with Crippen LogP contribution in [-0.2, 0) is 37.4 Å². The molecule has 0 fully saturated rings. The molecule has 0 bridgehead atoms. The molecule has 3 rings (SSSR count). The number of hydrogen-bond acceptors (Lipinski definition) is 7. The Balaban J connectivity index is 1.76. The second kappa shape index (κ2) is 15.6. The highest BCUT2D eigenvalue weighted by Crippen LogP contribution is 2.24. The van der Waals surface area contributed by atoms with Gasteiger partial charge in [0.2, 0.25) is 27.7 Å². The first-order valence-electron chi connectivity index (χ1n) is 13.9. The number of ether oxygens (including phenoxy) is 1. The van der Waals surface area contributed by atoms with Gasteiger partial charge in [-0.05, 0) is 54.2 Å². The van der Waals surface area contributed by atoms with Gasteiger partial charge in [-0.15, -0.1) is 0 Å². The van der Waals surface area contributed by atoms with Gasteiger partial charge in [-0.25, -0.2) is 13.1 Å². The van der Waals surface area contributed by atoms with Gasteiger partial charge in [-0.1, -0.05) is 60.7 Å². The van der Waals surface area contributed by atoms with Gasteiger partial charge in [-0.2, -0.15) is 0 Å². The molecule has 234 valence electrons. The summed E-state index contributed by atoms with van der Waals surface area (Å²) in [7, 11) is -2.22. The van der Waals surface area contributed by atoms with Crippen LogP contribution in [0, 0.1) is 5.41 Å². The summed E-state index contributed by atoms with van der Waals surface area (Å²) in [6, 6.07) is 19.1. The Morgan fingerprint density at radius 2 is 1.55 bits per heavy atom. The highest BCUT2D eigenvalue weighted by Gasteiger charge is 2.28. The van der Waals surface area contributed by atoms with E-state index in [0.29, 0.717) is 22.4 Å². The van der Waals surface area contributed by atoms with Crippen LogP contribution in [-0.4, -0.2) is 56.9 Å². The zero-order valence-corrected chi connectivity index (χ0v) is 25.4. The second-order valence-electron chi connectivity index (χ2n) is 10.1. The molecule has 44 heavy (non-hydrogen) atoms. The minimum atomic E-state index is -3.80. The summed E-state index contributed by atoms with van der Waals surface area (Å²) in [4.78, 5) is 38.1. The van der Waals surface area contributed by atoms with Crippen LogP contribution in [0.4, 0.5) is 0 Å². The molecule has 0 radical (unpaired) electrons. The predicted molar refractivity (Wildman–Crippen MR) is 168 cm³/mol. The average molecular weight is 623 g/mol. The molecule has 0 aromatic heterocycles. The van der Waals surface area contributed by atoms with Crippen LogP contribution in [0.1, 0.15) is 36.5 Å². The first kappa shape index (κ1) is 33.7. The summed E-state index contributed by atoms with van der Waals surface area (Å²) in [6.45, 7) is 1.55. The van der Waals surface area contributed by atoms with Crippen LogP contribution < -0.4 is 31.6 Å². The van der Waals surface area contributed by atoms with Crippen LogP contribution in [0.2, 0.25) is 0 Å². The zero-order valence-electron chi connectivity index (χ0n) is 24.6. The van der Waals surface area contributed by atoms with Crippen LogP contribution in [0.3, 0.4) is 0 Å². The summed E-state index contributed by atoms with van der Waals surface area (Å²) in [5, 5.41) is 12.8. The minimum absolute atomic E-state index is 0.0100. The summed E-state index contributed by atoms with van der Waals surface area (Å²) >= 11 is 0. The highest BCUT2D eigenvalue weighted by molar-refractivity contribution is 7.89. The maximum Gasteiger partial charge on any atom is 0.242 e. The van der Waals surface area contributed by atoms with Crippen LogP contribution in [0.5, 0.6) is 5.75 Å². The predicted octanol–water partition coefficient (Wildman–Crippen LogP) is 1.56. The maximum absolute atomic E-state index is 13.5. The number of hydrogen-bond donors (Lipinski definition) is 6. The van der Waals surface area contributed by atoms with Crippen molar-refractivity contribution in [2.45, 2.75) is 44.8 Å². The molecule has 2 atom stereocenters. The van der Waals surface area contributed by atoms with Gasteiger partial charge >= 0.3 is 0 Å². The number of primary amides is 1. The van der Waals surface area contributed by atoms with Crippen molar-refractivity contribution in [1.29, 1.82) is 5.41 Å². The van der Waals surface area contributed by atoms with Gasteiger partial charge in [-0.3, -0.25) is 19.8 Å². The molecule has 0 saturated carbocycles. The van der Waals surface area contributed by atoms with E-state index in [-0.39, 0.29) is 37.4 Å². The third-order valence-electron chi connectivity index (χ3n) is 6.86. The van der Waals surface area contributed by atoms with Gasteiger partial charge in [0.15, 0.2) is 0 Å². The lowest BCUT2D eigenvalue weighted by Gasteiger charge is -2.23. The molecule has 13 heteroatoms. The fourth-order valence-electron chi connectivity index (χ4n) is 4.30. The van der Waals surface area contributed by atoms with E-state index in [1.165, 1.54) is 6.92 Å². The van der Waals surface area contributed by atoms with E-state index in [9.17, 15) is 22.8 Å². The zero-order chi connectivity index (χ0) is 32.3.